The number of nitrogens with two attached hydrogens (primary N) is 1. The lowest BCUT2D eigenvalue weighted by Gasteiger charge is -2.42. The van der Waals surface area contributed by atoms with Crippen LogP contribution in [0.1, 0.15) is 26.7 Å². The Balaban J connectivity index is 0.00000484. The van der Waals surface area contributed by atoms with Gasteiger partial charge in [0, 0.05) is 25.6 Å². The van der Waals surface area contributed by atoms with Crippen molar-refractivity contribution in [2.45, 2.75) is 38.9 Å². The maximum Gasteiger partial charge on any atom is 0.405 e. The second-order valence-electron chi connectivity index (χ2n) is 6.26. The van der Waals surface area contributed by atoms with Crippen molar-refractivity contribution in [3.63, 3.8) is 0 Å². The first-order valence-electron chi connectivity index (χ1n) is 7.12. The Labute approximate surface area is 139 Å². The highest BCUT2D eigenvalue weighted by atomic mass is 35.5. The zero-order chi connectivity index (χ0) is 17.0. The molecule has 1 atom stereocenters. The molecule has 0 aromatic heterocycles. The van der Waals surface area contributed by atoms with Crippen LogP contribution in [-0.2, 0) is 4.79 Å². The van der Waals surface area contributed by atoms with Gasteiger partial charge in [0.2, 0.25) is 5.91 Å². The van der Waals surface area contributed by atoms with Gasteiger partial charge in [0.05, 0.1) is 0 Å². The molecule has 0 aromatic carbocycles. The summed E-state index contributed by atoms with van der Waals surface area (Å²) in [5.41, 5.74) is 5.96. The largest absolute Gasteiger partial charge is 0.405 e. The lowest BCUT2D eigenvalue weighted by molar-refractivity contribution is -0.124. The Kier molecular flexibility index (Phi) is 8.30. The molecule has 0 saturated carbocycles. The monoisotopic (exact) mass is 360 g/mol. The molecular formula is C13H24ClF3N4O2. The van der Waals surface area contributed by atoms with Crippen LogP contribution < -0.4 is 16.4 Å². The van der Waals surface area contributed by atoms with Crippen molar-refractivity contribution in [3.8, 4) is 0 Å². The van der Waals surface area contributed by atoms with Gasteiger partial charge in [0.15, 0.2) is 0 Å². The van der Waals surface area contributed by atoms with E-state index in [1.165, 1.54) is 0 Å². The van der Waals surface area contributed by atoms with Crippen molar-refractivity contribution < 1.29 is 22.8 Å². The van der Waals surface area contributed by atoms with Crippen LogP contribution in [0.5, 0.6) is 0 Å². The van der Waals surface area contributed by atoms with Gasteiger partial charge in [-0.2, -0.15) is 13.2 Å². The van der Waals surface area contributed by atoms with Gasteiger partial charge in [0.25, 0.3) is 0 Å². The zero-order valence-electron chi connectivity index (χ0n) is 13.2. The van der Waals surface area contributed by atoms with Crippen LogP contribution >= 0.6 is 12.4 Å². The Hall–Kier alpha value is -1.06. The topological polar surface area (TPSA) is 87.5 Å². The summed E-state index contributed by atoms with van der Waals surface area (Å²) >= 11 is 0. The highest BCUT2D eigenvalue weighted by molar-refractivity contribution is 5.94. The number of urea groups is 1. The minimum Gasteiger partial charge on any atom is -0.329 e. The minimum absolute atomic E-state index is 0. The highest BCUT2D eigenvalue weighted by Crippen LogP contribution is 2.27. The van der Waals surface area contributed by atoms with E-state index in [2.05, 4.69) is 18.7 Å². The van der Waals surface area contributed by atoms with E-state index in [1.807, 2.05) is 5.32 Å². The van der Waals surface area contributed by atoms with Gasteiger partial charge in [-0.15, -0.1) is 12.4 Å². The van der Waals surface area contributed by atoms with Gasteiger partial charge < -0.3 is 16.0 Å². The summed E-state index contributed by atoms with van der Waals surface area (Å²) in [5.74, 6) is -0.604. The van der Waals surface area contributed by atoms with E-state index in [9.17, 15) is 22.8 Å². The highest BCUT2D eigenvalue weighted by Gasteiger charge is 2.33. The molecule has 1 fully saturated rings. The van der Waals surface area contributed by atoms with E-state index in [0.29, 0.717) is 6.54 Å². The van der Waals surface area contributed by atoms with Crippen LogP contribution in [0.25, 0.3) is 0 Å². The van der Waals surface area contributed by atoms with Crippen molar-refractivity contribution in [1.82, 2.24) is 15.5 Å². The fourth-order valence-electron chi connectivity index (χ4n) is 2.35. The standard InChI is InChI=1S/C13H23F3N4O2.ClH/c1-12(2)8-20(5-3-9(12)17)6-4-10(21)19-11(22)18-7-13(14,15)16;/h9H,3-8,17H2,1-2H3,(H2,18,19,21,22);1H. The Bertz CT molecular complexity index is 419. The summed E-state index contributed by atoms with van der Waals surface area (Å²) in [6.07, 6.45) is -3.63. The zero-order valence-corrected chi connectivity index (χ0v) is 14.0. The van der Waals surface area contributed by atoms with Gasteiger partial charge in [-0.05, 0) is 18.4 Å². The fourth-order valence-corrected chi connectivity index (χ4v) is 2.35. The molecule has 23 heavy (non-hydrogen) atoms. The number of imide groups is 1. The number of halogens is 4. The first kappa shape index (κ1) is 21.9. The van der Waals surface area contributed by atoms with Gasteiger partial charge >= 0.3 is 12.2 Å². The van der Waals surface area contributed by atoms with E-state index in [1.54, 1.807) is 5.32 Å². The Morgan fingerprint density at radius 2 is 1.96 bits per heavy atom. The number of likely N-dealkylation sites (tertiary alicyclic amines) is 1. The van der Waals surface area contributed by atoms with Crippen LogP contribution in [0.2, 0.25) is 0 Å². The van der Waals surface area contributed by atoms with E-state index < -0.39 is 24.7 Å². The number of hydrogen-bond acceptors (Lipinski definition) is 4. The summed E-state index contributed by atoms with van der Waals surface area (Å²) in [6.45, 7) is 4.57. The number of carbonyl (C=O) groups excluding carboxylic acids is 2. The Morgan fingerprint density at radius 1 is 1.35 bits per heavy atom. The Morgan fingerprint density at radius 3 is 2.48 bits per heavy atom. The summed E-state index contributed by atoms with van der Waals surface area (Å²) in [7, 11) is 0. The SMILES string of the molecule is CC1(C)CN(CCC(=O)NC(=O)NCC(F)(F)F)CCC1N.Cl. The second-order valence-corrected chi connectivity index (χ2v) is 6.26. The fraction of sp³-hybridized carbons (Fsp3) is 0.846. The second kappa shape index (κ2) is 8.70. The minimum atomic E-state index is -4.50. The van der Waals surface area contributed by atoms with E-state index in [0.717, 1.165) is 19.5 Å². The third kappa shape index (κ3) is 8.38. The number of carbonyl (C=O) groups is 2. The van der Waals surface area contributed by atoms with Gasteiger partial charge in [-0.3, -0.25) is 10.1 Å². The summed E-state index contributed by atoms with van der Waals surface area (Å²) in [6, 6.07) is -1.03. The molecule has 10 heteroatoms. The maximum absolute atomic E-state index is 11.9. The number of rotatable bonds is 4. The molecule has 136 valence electrons. The predicted octanol–water partition coefficient (Wildman–Crippen LogP) is 1.25. The van der Waals surface area contributed by atoms with E-state index >= 15 is 0 Å². The summed E-state index contributed by atoms with van der Waals surface area (Å²) in [5, 5.41) is 3.47. The van der Waals surface area contributed by atoms with Gasteiger partial charge in [-0.25, -0.2) is 4.79 Å². The van der Waals surface area contributed by atoms with Crippen molar-refractivity contribution in [1.29, 1.82) is 0 Å². The van der Waals surface area contributed by atoms with Crippen molar-refractivity contribution in [2.75, 3.05) is 26.2 Å². The van der Waals surface area contributed by atoms with Gasteiger partial charge in [0.1, 0.15) is 6.54 Å². The predicted molar refractivity (Wildman–Crippen MR) is 82.3 cm³/mol. The molecule has 1 rings (SSSR count). The molecule has 0 aromatic rings. The van der Waals surface area contributed by atoms with Crippen LogP contribution in [-0.4, -0.2) is 55.2 Å². The third-order valence-electron chi connectivity index (χ3n) is 3.75. The number of amides is 3. The molecule has 4 N–H and O–H groups in total. The van der Waals surface area contributed by atoms with Crippen molar-refractivity contribution in [2.24, 2.45) is 11.1 Å². The smallest absolute Gasteiger partial charge is 0.329 e. The quantitative estimate of drug-likeness (QED) is 0.704. The lowest BCUT2D eigenvalue weighted by Crippen LogP contribution is -2.53. The molecule has 0 radical (unpaired) electrons. The van der Waals surface area contributed by atoms with E-state index in [4.69, 9.17) is 5.73 Å². The first-order chi connectivity index (χ1) is 9.99. The third-order valence-corrected chi connectivity index (χ3v) is 3.75. The molecule has 1 saturated heterocycles. The van der Waals surface area contributed by atoms with Gasteiger partial charge in [-0.1, -0.05) is 13.8 Å². The normalized spacial score (nSPS) is 21.2. The van der Waals surface area contributed by atoms with Crippen LogP contribution in [0, 0.1) is 5.41 Å². The molecular weight excluding hydrogens is 337 g/mol. The van der Waals surface area contributed by atoms with E-state index in [-0.39, 0.29) is 30.3 Å². The molecule has 3 amide bonds. The van der Waals surface area contributed by atoms with Crippen LogP contribution in [0.4, 0.5) is 18.0 Å². The average Bonchev–Trinajstić information content (AvgIpc) is 2.37. The molecule has 0 bridgehead atoms. The number of nitrogens with zero attached hydrogens (tertiary/aromatic N) is 1. The molecule has 6 nitrogen and oxygen atoms in total. The first-order valence-corrected chi connectivity index (χ1v) is 7.12. The number of nitrogens with one attached hydrogen (secondary N) is 2. The summed E-state index contributed by atoms with van der Waals surface area (Å²) < 4.78 is 35.7. The maximum atomic E-state index is 11.9. The molecule has 1 aliphatic heterocycles. The molecule has 1 aliphatic rings. The van der Waals surface area contributed by atoms with Crippen LogP contribution in [0.15, 0.2) is 0 Å². The lowest BCUT2D eigenvalue weighted by atomic mass is 9.80. The molecule has 0 spiro atoms. The molecule has 0 aliphatic carbocycles. The van der Waals surface area contributed by atoms with Crippen molar-refractivity contribution >= 4 is 24.3 Å². The average molecular weight is 361 g/mol. The molecule has 1 unspecified atom stereocenters. The number of hydrogen-bond donors (Lipinski definition) is 3. The van der Waals surface area contributed by atoms with Crippen LogP contribution in [0.3, 0.4) is 0 Å². The molecule has 1 heterocycles. The number of alkyl halides is 3. The van der Waals surface area contributed by atoms with Crippen molar-refractivity contribution in [3.05, 3.63) is 0 Å². The summed E-state index contributed by atoms with van der Waals surface area (Å²) in [4.78, 5) is 24.7. The number of piperidine rings is 1.